The number of hydrogen-bond acceptors (Lipinski definition) is 7. The SMILES string of the molecule is CC(=O)NCCNc1cc(NC(=O)CN2CCCN(Cc3ccccc3F)CC2)nc(-c2ccccc2)n1. The smallest absolute Gasteiger partial charge is 0.239 e. The number of carbonyl (C=O) groups excluding carboxylic acids is 2. The van der Waals surface area contributed by atoms with Gasteiger partial charge < -0.3 is 16.0 Å². The highest BCUT2D eigenvalue weighted by atomic mass is 19.1. The molecule has 3 aromatic rings. The molecule has 0 radical (unpaired) electrons. The largest absolute Gasteiger partial charge is 0.368 e. The zero-order valence-electron chi connectivity index (χ0n) is 21.6. The molecule has 9 nitrogen and oxygen atoms in total. The number of hydrogen-bond donors (Lipinski definition) is 3. The summed E-state index contributed by atoms with van der Waals surface area (Å²) < 4.78 is 14.1. The lowest BCUT2D eigenvalue weighted by Gasteiger charge is -2.21. The Hall–Kier alpha value is -3.89. The summed E-state index contributed by atoms with van der Waals surface area (Å²) in [5.41, 5.74) is 1.52. The van der Waals surface area contributed by atoms with Crippen LogP contribution in [0, 0.1) is 5.82 Å². The number of nitrogens with one attached hydrogen (secondary N) is 3. The first-order chi connectivity index (χ1) is 18.5. The Morgan fingerprint density at radius 2 is 1.61 bits per heavy atom. The average Bonchev–Trinajstić information content (AvgIpc) is 3.13. The van der Waals surface area contributed by atoms with Crippen molar-refractivity contribution >= 4 is 23.5 Å². The maximum absolute atomic E-state index is 14.1. The molecule has 200 valence electrons. The Morgan fingerprint density at radius 3 is 2.39 bits per heavy atom. The Balaban J connectivity index is 1.36. The molecule has 2 heterocycles. The van der Waals surface area contributed by atoms with Gasteiger partial charge in [-0.05, 0) is 25.6 Å². The van der Waals surface area contributed by atoms with Crippen molar-refractivity contribution < 1.29 is 14.0 Å². The standard InChI is InChI=1S/C28H34FN7O2/c1-21(37)30-12-13-31-25-18-26(34-28(33-25)22-8-3-2-4-9-22)32-27(38)20-36-15-7-14-35(16-17-36)19-23-10-5-6-11-24(23)29/h2-6,8-11,18H,7,12-17,19-20H2,1H3,(H,30,37)(H2,31,32,33,34,38). The fourth-order valence-electron chi connectivity index (χ4n) is 4.34. The second-order valence-electron chi connectivity index (χ2n) is 9.28. The average molecular weight is 520 g/mol. The van der Waals surface area contributed by atoms with E-state index in [1.54, 1.807) is 12.1 Å². The van der Waals surface area contributed by atoms with Crippen molar-refractivity contribution in [2.75, 3.05) is 56.4 Å². The normalized spacial score (nSPS) is 14.5. The fourth-order valence-corrected chi connectivity index (χ4v) is 4.34. The lowest BCUT2D eigenvalue weighted by Crippen LogP contribution is -2.36. The molecule has 0 unspecified atom stereocenters. The molecule has 1 aliphatic heterocycles. The predicted octanol–water partition coefficient (Wildman–Crippen LogP) is 2.98. The molecule has 0 aliphatic carbocycles. The molecule has 4 rings (SSSR count). The van der Waals surface area contributed by atoms with Crippen LogP contribution in [0.2, 0.25) is 0 Å². The van der Waals surface area contributed by atoms with E-state index in [2.05, 4.69) is 35.7 Å². The van der Waals surface area contributed by atoms with Crippen LogP contribution in [0.1, 0.15) is 18.9 Å². The summed E-state index contributed by atoms with van der Waals surface area (Å²) in [6.07, 6.45) is 0.899. The number of halogens is 1. The molecule has 1 saturated heterocycles. The van der Waals surface area contributed by atoms with Crippen molar-refractivity contribution in [3.05, 3.63) is 72.0 Å². The number of carbonyl (C=O) groups is 2. The minimum absolute atomic E-state index is 0.101. The van der Waals surface area contributed by atoms with Crippen LogP contribution < -0.4 is 16.0 Å². The molecule has 1 aliphatic rings. The number of aromatic nitrogens is 2. The molecule has 1 fully saturated rings. The van der Waals surface area contributed by atoms with Gasteiger partial charge in [0.05, 0.1) is 6.54 Å². The van der Waals surface area contributed by atoms with E-state index in [-0.39, 0.29) is 24.2 Å². The van der Waals surface area contributed by atoms with Gasteiger partial charge in [0.15, 0.2) is 5.82 Å². The summed E-state index contributed by atoms with van der Waals surface area (Å²) in [5, 5.41) is 8.84. The highest BCUT2D eigenvalue weighted by Gasteiger charge is 2.19. The Morgan fingerprint density at radius 1 is 0.895 bits per heavy atom. The summed E-state index contributed by atoms with van der Waals surface area (Å²) in [6.45, 7) is 6.32. The Bertz CT molecular complexity index is 1220. The van der Waals surface area contributed by atoms with E-state index in [1.807, 2.05) is 42.5 Å². The van der Waals surface area contributed by atoms with Crippen LogP contribution in [-0.4, -0.2) is 77.4 Å². The van der Waals surface area contributed by atoms with E-state index in [9.17, 15) is 14.0 Å². The number of rotatable bonds is 10. The first kappa shape index (κ1) is 27.2. The molecule has 2 amide bonds. The molecule has 1 aromatic heterocycles. The second-order valence-corrected chi connectivity index (χ2v) is 9.28. The van der Waals surface area contributed by atoms with Gasteiger partial charge in [0.25, 0.3) is 0 Å². The quantitative estimate of drug-likeness (QED) is 0.354. The molecule has 38 heavy (non-hydrogen) atoms. The van der Waals surface area contributed by atoms with Crippen LogP contribution in [0.4, 0.5) is 16.0 Å². The summed E-state index contributed by atoms with van der Waals surface area (Å²) in [6, 6.07) is 18.1. The lowest BCUT2D eigenvalue weighted by atomic mass is 10.2. The van der Waals surface area contributed by atoms with Gasteiger partial charge in [-0.25, -0.2) is 14.4 Å². The van der Waals surface area contributed by atoms with Crippen molar-refractivity contribution in [3.8, 4) is 11.4 Å². The Kier molecular flexibility index (Phi) is 9.71. The minimum Gasteiger partial charge on any atom is -0.368 e. The highest BCUT2D eigenvalue weighted by molar-refractivity contribution is 5.92. The van der Waals surface area contributed by atoms with Crippen molar-refractivity contribution in [2.24, 2.45) is 0 Å². The predicted molar refractivity (Wildman–Crippen MR) is 146 cm³/mol. The molecular weight excluding hydrogens is 485 g/mol. The monoisotopic (exact) mass is 519 g/mol. The Labute approximate surface area is 222 Å². The number of anilines is 2. The van der Waals surface area contributed by atoms with E-state index >= 15 is 0 Å². The zero-order valence-corrected chi connectivity index (χ0v) is 21.6. The van der Waals surface area contributed by atoms with Crippen LogP contribution in [0.5, 0.6) is 0 Å². The van der Waals surface area contributed by atoms with Crippen molar-refractivity contribution in [1.82, 2.24) is 25.1 Å². The third-order valence-electron chi connectivity index (χ3n) is 6.23. The van der Waals surface area contributed by atoms with E-state index in [4.69, 9.17) is 0 Å². The van der Waals surface area contributed by atoms with Gasteiger partial charge in [-0.2, -0.15) is 0 Å². The second kappa shape index (κ2) is 13.6. The first-order valence-electron chi connectivity index (χ1n) is 12.9. The molecule has 2 aromatic carbocycles. The van der Waals surface area contributed by atoms with Gasteiger partial charge in [0.1, 0.15) is 17.5 Å². The third-order valence-corrected chi connectivity index (χ3v) is 6.23. The van der Waals surface area contributed by atoms with Crippen LogP contribution in [-0.2, 0) is 16.1 Å². The van der Waals surface area contributed by atoms with Gasteiger partial charge in [0.2, 0.25) is 11.8 Å². The number of amides is 2. The van der Waals surface area contributed by atoms with Gasteiger partial charge in [-0.15, -0.1) is 0 Å². The van der Waals surface area contributed by atoms with Crippen LogP contribution in [0.15, 0.2) is 60.7 Å². The van der Waals surface area contributed by atoms with Gasteiger partial charge in [-0.3, -0.25) is 19.4 Å². The molecule has 0 spiro atoms. The molecular formula is C28H34FN7O2. The van der Waals surface area contributed by atoms with Gasteiger partial charge in [0, 0.05) is 56.8 Å². The molecule has 0 atom stereocenters. The number of nitrogens with zero attached hydrogens (tertiary/aromatic N) is 4. The van der Waals surface area contributed by atoms with Crippen molar-refractivity contribution in [3.63, 3.8) is 0 Å². The van der Waals surface area contributed by atoms with Gasteiger partial charge in [-0.1, -0.05) is 48.5 Å². The molecule has 10 heteroatoms. The van der Waals surface area contributed by atoms with Crippen molar-refractivity contribution in [1.29, 1.82) is 0 Å². The topological polar surface area (TPSA) is 102 Å². The highest BCUT2D eigenvalue weighted by Crippen LogP contribution is 2.20. The fraction of sp³-hybridized carbons (Fsp3) is 0.357. The van der Waals surface area contributed by atoms with E-state index in [0.717, 1.165) is 38.2 Å². The summed E-state index contributed by atoms with van der Waals surface area (Å²) in [7, 11) is 0. The molecule has 0 saturated carbocycles. The third kappa shape index (κ3) is 8.32. The first-order valence-corrected chi connectivity index (χ1v) is 12.9. The van der Waals surface area contributed by atoms with E-state index < -0.39 is 0 Å². The van der Waals surface area contributed by atoms with Crippen molar-refractivity contribution in [2.45, 2.75) is 19.9 Å². The van der Waals surface area contributed by atoms with Crippen LogP contribution in [0.3, 0.4) is 0 Å². The minimum atomic E-state index is -0.184. The maximum Gasteiger partial charge on any atom is 0.239 e. The van der Waals surface area contributed by atoms with Crippen LogP contribution in [0.25, 0.3) is 11.4 Å². The zero-order chi connectivity index (χ0) is 26.7. The van der Waals surface area contributed by atoms with Crippen LogP contribution >= 0.6 is 0 Å². The summed E-state index contributed by atoms with van der Waals surface area (Å²) in [5.74, 6) is 1.01. The van der Waals surface area contributed by atoms with Gasteiger partial charge >= 0.3 is 0 Å². The molecule has 0 bridgehead atoms. The summed E-state index contributed by atoms with van der Waals surface area (Å²) >= 11 is 0. The van der Waals surface area contributed by atoms with E-state index in [1.165, 1.54) is 13.0 Å². The molecule has 3 N–H and O–H groups in total. The number of benzene rings is 2. The summed E-state index contributed by atoms with van der Waals surface area (Å²) in [4.78, 5) is 37.6. The maximum atomic E-state index is 14.1. The lowest BCUT2D eigenvalue weighted by molar-refractivity contribution is -0.119. The van der Waals surface area contributed by atoms with E-state index in [0.29, 0.717) is 42.7 Å².